The van der Waals surface area contributed by atoms with Crippen molar-refractivity contribution in [2.24, 2.45) is 10.9 Å². The summed E-state index contributed by atoms with van der Waals surface area (Å²) < 4.78 is 0. The summed E-state index contributed by atoms with van der Waals surface area (Å²) in [6, 6.07) is 0. The van der Waals surface area contributed by atoms with Crippen LogP contribution in [0.2, 0.25) is 0 Å². The molecule has 0 bridgehead atoms. The Bertz CT molecular complexity index is 447. The van der Waals surface area contributed by atoms with Crippen LogP contribution in [0.15, 0.2) is 4.99 Å². The maximum absolute atomic E-state index is 11.5. The van der Waals surface area contributed by atoms with Crippen LogP contribution >= 0.6 is 24.0 Å². The van der Waals surface area contributed by atoms with E-state index in [9.17, 15) is 9.90 Å². The van der Waals surface area contributed by atoms with Gasteiger partial charge in [0, 0.05) is 52.7 Å². The van der Waals surface area contributed by atoms with Crippen molar-refractivity contribution >= 4 is 35.8 Å². The second kappa shape index (κ2) is 13.5. The molecule has 2 fully saturated rings. The largest absolute Gasteiger partial charge is 0.393 e. The summed E-state index contributed by atoms with van der Waals surface area (Å²) >= 11 is 0. The Hall–Kier alpha value is -0.610. The van der Waals surface area contributed by atoms with Crippen LogP contribution in [0.3, 0.4) is 0 Å². The molecule has 0 aromatic rings. The van der Waals surface area contributed by atoms with Gasteiger partial charge in [0.2, 0.25) is 5.91 Å². The summed E-state index contributed by atoms with van der Waals surface area (Å²) in [6.07, 6.45) is 5.49. The third-order valence-corrected chi connectivity index (χ3v) is 5.45. The SMILES string of the molecule is CCNC(=NCCCN1CCC(O)CC1)N1CCC(CC(=O)NC)CC1.I. The molecule has 0 radical (unpaired) electrons. The number of halogens is 1. The van der Waals surface area contributed by atoms with E-state index in [1.165, 1.54) is 0 Å². The summed E-state index contributed by atoms with van der Waals surface area (Å²) in [5.74, 6) is 1.65. The average Bonchev–Trinajstić information content (AvgIpc) is 2.66. The number of carbonyl (C=O) groups excluding carboxylic acids is 1. The highest BCUT2D eigenvalue weighted by atomic mass is 127. The quantitative estimate of drug-likeness (QED) is 0.215. The van der Waals surface area contributed by atoms with E-state index in [4.69, 9.17) is 4.99 Å². The number of piperidine rings is 2. The molecular weight excluding hydrogens is 457 g/mol. The first-order valence-electron chi connectivity index (χ1n) is 10.3. The Labute approximate surface area is 181 Å². The van der Waals surface area contributed by atoms with Crippen LogP contribution in [0.1, 0.15) is 45.4 Å². The zero-order valence-corrected chi connectivity index (χ0v) is 19.3. The van der Waals surface area contributed by atoms with Crippen molar-refractivity contribution in [3.63, 3.8) is 0 Å². The van der Waals surface area contributed by atoms with Crippen LogP contribution in [0.5, 0.6) is 0 Å². The Morgan fingerprint density at radius 2 is 1.81 bits per heavy atom. The number of carbonyl (C=O) groups is 1. The molecule has 7 nitrogen and oxygen atoms in total. The van der Waals surface area contributed by atoms with Gasteiger partial charge in [-0.05, 0) is 51.5 Å². The Morgan fingerprint density at radius 1 is 1.15 bits per heavy atom. The van der Waals surface area contributed by atoms with Gasteiger partial charge >= 0.3 is 0 Å². The molecule has 1 amide bonds. The maximum Gasteiger partial charge on any atom is 0.220 e. The highest BCUT2D eigenvalue weighted by molar-refractivity contribution is 14.0. The normalized spacial score (nSPS) is 20.3. The molecule has 0 spiro atoms. The van der Waals surface area contributed by atoms with Gasteiger partial charge in [-0.3, -0.25) is 9.79 Å². The van der Waals surface area contributed by atoms with E-state index in [2.05, 4.69) is 27.4 Å². The van der Waals surface area contributed by atoms with E-state index in [0.717, 1.165) is 83.9 Å². The van der Waals surface area contributed by atoms with Crippen molar-refractivity contribution in [3.8, 4) is 0 Å². The predicted molar refractivity (Wildman–Crippen MR) is 121 cm³/mol. The summed E-state index contributed by atoms with van der Waals surface area (Å²) in [4.78, 5) is 21.1. The fraction of sp³-hybridized carbons (Fsp3) is 0.895. The van der Waals surface area contributed by atoms with Gasteiger partial charge in [0.25, 0.3) is 0 Å². The highest BCUT2D eigenvalue weighted by Crippen LogP contribution is 2.20. The summed E-state index contributed by atoms with van der Waals surface area (Å²) in [7, 11) is 1.71. The van der Waals surface area contributed by atoms with Gasteiger partial charge in [-0.15, -0.1) is 24.0 Å². The number of aliphatic imine (C=N–C) groups is 1. The van der Waals surface area contributed by atoms with E-state index in [0.29, 0.717) is 12.3 Å². The number of likely N-dealkylation sites (tertiary alicyclic amines) is 2. The van der Waals surface area contributed by atoms with Crippen molar-refractivity contribution in [1.82, 2.24) is 20.4 Å². The van der Waals surface area contributed by atoms with Gasteiger partial charge in [0.1, 0.15) is 0 Å². The van der Waals surface area contributed by atoms with Crippen molar-refractivity contribution in [2.45, 2.75) is 51.6 Å². The maximum atomic E-state index is 11.5. The molecule has 2 saturated heterocycles. The number of aliphatic hydroxyl groups is 1. The molecule has 0 unspecified atom stereocenters. The van der Waals surface area contributed by atoms with Gasteiger partial charge in [-0.1, -0.05) is 0 Å². The Kier molecular flexibility index (Phi) is 12.3. The second-order valence-corrected chi connectivity index (χ2v) is 7.47. The topological polar surface area (TPSA) is 80.2 Å². The lowest BCUT2D eigenvalue weighted by molar-refractivity contribution is -0.121. The van der Waals surface area contributed by atoms with Gasteiger partial charge in [0.05, 0.1) is 6.10 Å². The van der Waals surface area contributed by atoms with Crippen LogP contribution in [0, 0.1) is 5.92 Å². The molecule has 2 heterocycles. The summed E-state index contributed by atoms with van der Waals surface area (Å²) in [6.45, 7) is 8.82. The van der Waals surface area contributed by atoms with Crippen LogP contribution in [0.25, 0.3) is 0 Å². The predicted octanol–water partition coefficient (Wildman–Crippen LogP) is 1.26. The first-order valence-corrected chi connectivity index (χ1v) is 10.3. The van der Waals surface area contributed by atoms with Gasteiger partial charge in [0.15, 0.2) is 5.96 Å². The van der Waals surface area contributed by atoms with E-state index >= 15 is 0 Å². The van der Waals surface area contributed by atoms with Gasteiger partial charge in [-0.2, -0.15) is 0 Å². The lowest BCUT2D eigenvalue weighted by atomic mass is 9.93. The number of aliphatic hydroxyl groups excluding tert-OH is 1. The van der Waals surface area contributed by atoms with E-state index < -0.39 is 0 Å². The molecule has 2 aliphatic heterocycles. The standard InChI is InChI=1S/C19H37N5O2.HI/c1-3-21-19(22-9-4-10-23-11-7-17(25)8-12-23)24-13-5-16(6-14-24)15-18(26)20-2;/h16-17,25H,3-15H2,1-2H3,(H,20,26)(H,21,22);1H. The van der Waals surface area contributed by atoms with Crippen molar-refractivity contribution in [3.05, 3.63) is 0 Å². The molecule has 0 saturated carbocycles. The molecule has 0 aromatic carbocycles. The Morgan fingerprint density at radius 3 is 2.41 bits per heavy atom. The number of amides is 1. The molecule has 27 heavy (non-hydrogen) atoms. The number of rotatable bonds is 7. The van der Waals surface area contributed by atoms with Crippen LogP contribution in [-0.4, -0.2) is 85.7 Å². The average molecular weight is 495 g/mol. The molecule has 158 valence electrons. The second-order valence-electron chi connectivity index (χ2n) is 7.47. The zero-order valence-electron chi connectivity index (χ0n) is 17.0. The zero-order chi connectivity index (χ0) is 18.8. The van der Waals surface area contributed by atoms with E-state index in [1.807, 2.05) is 0 Å². The van der Waals surface area contributed by atoms with Crippen LogP contribution in [0.4, 0.5) is 0 Å². The fourth-order valence-corrected chi connectivity index (χ4v) is 3.76. The summed E-state index contributed by atoms with van der Waals surface area (Å²) in [5, 5.41) is 15.7. The minimum absolute atomic E-state index is 0. The molecule has 0 aliphatic carbocycles. The third kappa shape index (κ3) is 8.95. The molecule has 3 N–H and O–H groups in total. The van der Waals surface area contributed by atoms with E-state index in [-0.39, 0.29) is 36.0 Å². The van der Waals surface area contributed by atoms with Gasteiger partial charge < -0.3 is 25.5 Å². The van der Waals surface area contributed by atoms with Crippen molar-refractivity contribution in [2.75, 3.05) is 52.9 Å². The number of nitrogens with one attached hydrogen (secondary N) is 2. The summed E-state index contributed by atoms with van der Waals surface area (Å²) in [5.41, 5.74) is 0. The number of nitrogens with zero attached hydrogens (tertiary/aromatic N) is 3. The number of hydrogen-bond donors (Lipinski definition) is 3. The lowest BCUT2D eigenvalue weighted by Crippen LogP contribution is -2.46. The molecule has 0 atom stereocenters. The highest BCUT2D eigenvalue weighted by Gasteiger charge is 2.23. The molecule has 2 rings (SSSR count). The fourth-order valence-electron chi connectivity index (χ4n) is 3.76. The lowest BCUT2D eigenvalue weighted by Gasteiger charge is -2.34. The first kappa shape index (κ1) is 24.4. The molecule has 0 aromatic heterocycles. The Balaban J connectivity index is 0.00000364. The molecular formula is C19H38IN5O2. The first-order chi connectivity index (χ1) is 12.6. The minimum Gasteiger partial charge on any atom is -0.393 e. The monoisotopic (exact) mass is 495 g/mol. The molecule has 8 heteroatoms. The smallest absolute Gasteiger partial charge is 0.220 e. The van der Waals surface area contributed by atoms with Crippen LogP contribution in [-0.2, 0) is 4.79 Å². The van der Waals surface area contributed by atoms with Gasteiger partial charge in [-0.25, -0.2) is 0 Å². The third-order valence-electron chi connectivity index (χ3n) is 5.45. The van der Waals surface area contributed by atoms with E-state index in [1.54, 1.807) is 7.05 Å². The van der Waals surface area contributed by atoms with Crippen molar-refractivity contribution < 1.29 is 9.90 Å². The molecule has 2 aliphatic rings. The minimum atomic E-state index is -0.101. The van der Waals surface area contributed by atoms with Crippen molar-refractivity contribution in [1.29, 1.82) is 0 Å². The number of guanidine groups is 1. The van der Waals surface area contributed by atoms with Crippen LogP contribution < -0.4 is 10.6 Å². The number of hydrogen-bond acceptors (Lipinski definition) is 4.